The molecule has 5 heteroatoms. The molecule has 0 aromatic rings. The summed E-state index contributed by atoms with van der Waals surface area (Å²) in [6.07, 6.45) is 10.2. The number of esters is 1. The van der Waals surface area contributed by atoms with Crippen molar-refractivity contribution < 1.29 is 24.1 Å². The van der Waals surface area contributed by atoms with Crippen LogP contribution in [0.3, 0.4) is 0 Å². The van der Waals surface area contributed by atoms with E-state index >= 15 is 0 Å². The number of hydrogen-bond donors (Lipinski definition) is 1. The molecule has 1 spiro atoms. The fraction of sp³-hybridized carbons (Fsp3) is 0.963. The van der Waals surface area contributed by atoms with Crippen molar-refractivity contribution in [2.75, 3.05) is 20.3 Å². The molecule has 5 nitrogen and oxygen atoms in total. The van der Waals surface area contributed by atoms with Crippen LogP contribution in [0.15, 0.2) is 0 Å². The quantitative estimate of drug-likeness (QED) is 0.617. The average molecular weight is 449 g/mol. The van der Waals surface area contributed by atoms with Crippen molar-refractivity contribution in [3.8, 4) is 0 Å². The Morgan fingerprint density at radius 2 is 1.78 bits per heavy atom. The number of methoxy groups -OCH3 is 1. The molecule has 4 saturated carbocycles. The van der Waals surface area contributed by atoms with Crippen molar-refractivity contribution in [1.29, 1.82) is 0 Å². The van der Waals surface area contributed by atoms with Crippen LogP contribution < -0.4 is 0 Å². The summed E-state index contributed by atoms with van der Waals surface area (Å²) in [5, 5.41) is 11.5. The molecular formula is C27H44O5. The first kappa shape index (κ1) is 23.1. The third-order valence-corrected chi connectivity index (χ3v) is 11.3. The molecule has 0 bridgehead atoms. The maximum Gasteiger partial charge on any atom is 0.305 e. The van der Waals surface area contributed by atoms with Crippen molar-refractivity contribution in [2.45, 2.75) is 96.9 Å². The van der Waals surface area contributed by atoms with Crippen LogP contribution in [0.5, 0.6) is 0 Å². The zero-order chi connectivity index (χ0) is 22.7. The Hall–Kier alpha value is -0.650. The second kappa shape index (κ2) is 8.23. The molecule has 32 heavy (non-hydrogen) atoms. The highest BCUT2D eigenvalue weighted by Gasteiger charge is 2.64. The lowest BCUT2D eigenvalue weighted by molar-refractivity contribution is -0.243. The van der Waals surface area contributed by atoms with Crippen molar-refractivity contribution in [3.05, 3.63) is 0 Å². The van der Waals surface area contributed by atoms with Gasteiger partial charge >= 0.3 is 5.97 Å². The number of hydrogen-bond acceptors (Lipinski definition) is 5. The van der Waals surface area contributed by atoms with Crippen molar-refractivity contribution in [1.82, 2.24) is 0 Å². The highest BCUT2D eigenvalue weighted by molar-refractivity contribution is 5.69. The smallest absolute Gasteiger partial charge is 0.305 e. The molecule has 5 fully saturated rings. The minimum atomic E-state index is -0.368. The van der Waals surface area contributed by atoms with Gasteiger partial charge < -0.3 is 19.3 Å². The van der Waals surface area contributed by atoms with Crippen LogP contribution in [0.25, 0.3) is 0 Å². The Labute approximate surface area is 193 Å². The average Bonchev–Trinajstić information content (AvgIpc) is 3.37. The van der Waals surface area contributed by atoms with Crippen LogP contribution in [-0.2, 0) is 19.0 Å². The van der Waals surface area contributed by atoms with E-state index in [1.807, 2.05) is 0 Å². The molecule has 9 atom stereocenters. The molecule has 5 rings (SSSR count). The molecular weight excluding hydrogens is 404 g/mol. The maximum absolute atomic E-state index is 11.7. The largest absolute Gasteiger partial charge is 0.469 e. The van der Waals surface area contributed by atoms with E-state index < -0.39 is 0 Å². The second-order valence-corrected chi connectivity index (χ2v) is 12.4. The van der Waals surface area contributed by atoms with Crippen molar-refractivity contribution >= 4 is 5.97 Å². The Kier molecular flexibility index (Phi) is 5.95. The van der Waals surface area contributed by atoms with Gasteiger partial charge in [-0.25, -0.2) is 0 Å². The predicted molar refractivity (Wildman–Crippen MR) is 122 cm³/mol. The van der Waals surface area contributed by atoms with E-state index in [0.29, 0.717) is 60.6 Å². The summed E-state index contributed by atoms with van der Waals surface area (Å²) in [5.74, 6) is 2.84. The molecule has 0 aromatic heterocycles. The summed E-state index contributed by atoms with van der Waals surface area (Å²) in [4.78, 5) is 11.7. The van der Waals surface area contributed by atoms with Gasteiger partial charge in [-0.15, -0.1) is 0 Å². The van der Waals surface area contributed by atoms with Crippen molar-refractivity contribution in [3.63, 3.8) is 0 Å². The van der Waals surface area contributed by atoms with Gasteiger partial charge in [-0.1, -0.05) is 20.8 Å². The molecule has 4 aliphatic carbocycles. The zero-order valence-corrected chi connectivity index (χ0v) is 20.6. The molecule has 5 aliphatic rings. The zero-order valence-electron chi connectivity index (χ0n) is 20.6. The Bertz CT molecular complexity index is 717. The van der Waals surface area contributed by atoms with Crippen LogP contribution in [0.2, 0.25) is 0 Å². The Balaban J connectivity index is 1.33. The lowest BCUT2D eigenvalue weighted by Gasteiger charge is -2.63. The number of carbonyl (C=O) groups is 1. The number of ether oxygens (including phenoxy) is 3. The van der Waals surface area contributed by atoms with E-state index in [9.17, 15) is 9.90 Å². The van der Waals surface area contributed by atoms with Gasteiger partial charge in [0.1, 0.15) is 0 Å². The first-order valence-corrected chi connectivity index (χ1v) is 13.3. The minimum Gasteiger partial charge on any atom is -0.469 e. The van der Waals surface area contributed by atoms with Crippen LogP contribution in [-0.4, -0.2) is 43.3 Å². The number of aliphatic hydroxyl groups is 1. The van der Waals surface area contributed by atoms with E-state index in [1.165, 1.54) is 32.8 Å². The van der Waals surface area contributed by atoms with Gasteiger partial charge in [0.05, 0.1) is 26.4 Å². The SMILES string of the molecule is COC(=O)CC[C@@H](C)[C@H]1CCC2C3C(O)C[C@H]4CC5(CC[C@]4(C)C3CC[C@@]21C)OCCO5. The summed E-state index contributed by atoms with van der Waals surface area (Å²) in [6.45, 7) is 8.81. The van der Waals surface area contributed by atoms with Gasteiger partial charge in [-0.05, 0) is 91.3 Å². The summed E-state index contributed by atoms with van der Waals surface area (Å²) < 4.78 is 17.1. The lowest BCUT2D eigenvalue weighted by Crippen LogP contribution is -2.60. The van der Waals surface area contributed by atoms with Gasteiger partial charge in [0.15, 0.2) is 5.79 Å². The monoisotopic (exact) mass is 448 g/mol. The number of carbonyl (C=O) groups excluding carboxylic acids is 1. The highest BCUT2D eigenvalue weighted by atomic mass is 16.7. The maximum atomic E-state index is 11.7. The fourth-order valence-electron chi connectivity index (χ4n) is 9.55. The number of fused-ring (bicyclic) bond motifs is 5. The normalized spacial score (nSPS) is 48.0. The van der Waals surface area contributed by atoms with Gasteiger partial charge in [0, 0.05) is 19.3 Å². The van der Waals surface area contributed by atoms with Gasteiger partial charge in [-0.3, -0.25) is 4.79 Å². The fourth-order valence-corrected chi connectivity index (χ4v) is 9.55. The molecule has 0 radical (unpaired) electrons. The van der Waals surface area contributed by atoms with Gasteiger partial charge in [-0.2, -0.15) is 0 Å². The standard InChI is InChI=1S/C27H44O5/c1-17(5-8-23(29)30-4)19-6-7-20-24-21(9-10-26(19,20)3)25(2)11-12-27(31-13-14-32-27)16-18(25)15-22(24)28/h17-22,24,28H,5-16H2,1-4H3/t17-,18+,19-,20?,21?,22?,24?,25+,26-/m1/s1. The Morgan fingerprint density at radius 1 is 1.06 bits per heavy atom. The highest BCUT2D eigenvalue weighted by Crippen LogP contribution is 2.69. The number of rotatable bonds is 4. The first-order chi connectivity index (χ1) is 15.2. The number of aliphatic hydroxyl groups excluding tert-OH is 1. The molecule has 4 unspecified atom stereocenters. The molecule has 0 amide bonds. The summed E-state index contributed by atoms with van der Waals surface area (Å²) in [5.41, 5.74) is 0.578. The first-order valence-electron chi connectivity index (χ1n) is 13.3. The minimum absolute atomic E-state index is 0.0905. The molecule has 182 valence electrons. The molecule has 1 heterocycles. The van der Waals surface area contributed by atoms with Crippen LogP contribution in [0.1, 0.15) is 85.0 Å². The van der Waals surface area contributed by atoms with E-state index in [4.69, 9.17) is 14.2 Å². The third kappa shape index (κ3) is 3.48. The van der Waals surface area contributed by atoms with Crippen LogP contribution >= 0.6 is 0 Å². The molecule has 1 N–H and O–H groups in total. The van der Waals surface area contributed by atoms with E-state index in [0.717, 1.165) is 32.1 Å². The van der Waals surface area contributed by atoms with Gasteiger partial charge in [0.25, 0.3) is 0 Å². The second-order valence-electron chi connectivity index (χ2n) is 12.4. The summed E-state index contributed by atoms with van der Waals surface area (Å²) in [6, 6.07) is 0. The molecule has 1 saturated heterocycles. The van der Waals surface area contributed by atoms with E-state index in [1.54, 1.807) is 0 Å². The Morgan fingerprint density at radius 3 is 2.50 bits per heavy atom. The van der Waals surface area contributed by atoms with E-state index in [2.05, 4.69) is 20.8 Å². The molecule has 0 aromatic carbocycles. The van der Waals surface area contributed by atoms with Gasteiger partial charge in [0.2, 0.25) is 0 Å². The van der Waals surface area contributed by atoms with Crippen LogP contribution in [0, 0.1) is 46.3 Å². The van der Waals surface area contributed by atoms with Crippen LogP contribution in [0.4, 0.5) is 0 Å². The van der Waals surface area contributed by atoms with Crippen molar-refractivity contribution in [2.24, 2.45) is 46.3 Å². The lowest BCUT2D eigenvalue weighted by atomic mass is 9.43. The molecule has 1 aliphatic heterocycles. The predicted octanol–water partition coefficient (Wildman–Crippen LogP) is 4.95. The third-order valence-electron chi connectivity index (χ3n) is 11.3. The summed E-state index contributed by atoms with van der Waals surface area (Å²) >= 11 is 0. The van der Waals surface area contributed by atoms with E-state index in [-0.39, 0.29) is 23.3 Å². The summed E-state index contributed by atoms with van der Waals surface area (Å²) in [7, 11) is 1.48. The topological polar surface area (TPSA) is 65.0 Å².